The average Bonchev–Trinajstić information content (AvgIpc) is 2.25. The Morgan fingerprint density at radius 2 is 1.69 bits per heavy atom. The first-order valence-corrected chi connectivity index (χ1v) is 5.74. The summed E-state index contributed by atoms with van der Waals surface area (Å²) < 4.78 is 0. The zero-order valence-corrected chi connectivity index (χ0v) is 9.48. The van der Waals surface area contributed by atoms with Crippen LogP contribution in [0.2, 0.25) is 0 Å². The van der Waals surface area contributed by atoms with E-state index in [2.05, 4.69) is 5.32 Å². The van der Waals surface area contributed by atoms with Gasteiger partial charge in [-0.25, -0.2) is 0 Å². The molecule has 1 saturated heterocycles. The van der Waals surface area contributed by atoms with Gasteiger partial charge >= 0.3 is 11.9 Å². The van der Waals surface area contributed by atoms with Gasteiger partial charge in [0.25, 0.3) is 0 Å². The minimum atomic E-state index is -0.889. The van der Waals surface area contributed by atoms with Crippen LogP contribution in [0.4, 0.5) is 0 Å². The van der Waals surface area contributed by atoms with Crippen LogP contribution in [-0.4, -0.2) is 35.2 Å². The molecule has 0 spiro atoms. The third-order valence-electron chi connectivity index (χ3n) is 3.29. The van der Waals surface area contributed by atoms with E-state index in [1.165, 1.54) is 0 Å². The molecule has 0 aromatic rings. The van der Waals surface area contributed by atoms with Gasteiger partial charge < -0.3 is 15.5 Å². The molecule has 2 unspecified atom stereocenters. The monoisotopic (exact) mass is 229 g/mol. The van der Waals surface area contributed by atoms with Crippen molar-refractivity contribution >= 4 is 11.9 Å². The van der Waals surface area contributed by atoms with E-state index in [1.54, 1.807) is 0 Å². The molecule has 1 fully saturated rings. The average molecular weight is 229 g/mol. The lowest BCUT2D eigenvalue weighted by molar-refractivity contribution is -0.151. The van der Waals surface area contributed by atoms with Gasteiger partial charge in [0.05, 0.1) is 11.8 Å². The minimum Gasteiger partial charge on any atom is -0.481 e. The van der Waals surface area contributed by atoms with E-state index in [9.17, 15) is 9.59 Å². The fourth-order valence-electron chi connectivity index (χ4n) is 2.36. The van der Waals surface area contributed by atoms with Crippen LogP contribution in [0.25, 0.3) is 0 Å². The van der Waals surface area contributed by atoms with Gasteiger partial charge in [-0.05, 0) is 12.3 Å². The maximum absolute atomic E-state index is 11.1. The minimum absolute atomic E-state index is 0.240. The van der Waals surface area contributed by atoms with Gasteiger partial charge in [-0.2, -0.15) is 0 Å². The standard InChI is InChI=1S/C11H19NO4/c1-2-3-4-7-8(10(13)14)5-12-6-9(7)11(15)16/h7-9,12H,2-6H2,1H3,(H,13,14)(H,15,16). The van der Waals surface area contributed by atoms with Crippen LogP contribution in [-0.2, 0) is 9.59 Å². The van der Waals surface area contributed by atoms with E-state index in [0.29, 0.717) is 19.5 Å². The van der Waals surface area contributed by atoms with E-state index < -0.39 is 23.8 Å². The Labute approximate surface area is 94.8 Å². The molecule has 0 saturated carbocycles. The zero-order valence-electron chi connectivity index (χ0n) is 9.48. The summed E-state index contributed by atoms with van der Waals surface area (Å²) in [5.41, 5.74) is 0. The molecule has 0 radical (unpaired) electrons. The van der Waals surface area contributed by atoms with Gasteiger partial charge in [-0.15, -0.1) is 0 Å². The summed E-state index contributed by atoms with van der Waals surface area (Å²) in [4.78, 5) is 22.1. The summed E-state index contributed by atoms with van der Waals surface area (Å²) in [7, 11) is 0. The zero-order chi connectivity index (χ0) is 12.1. The first-order valence-electron chi connectivity index (χ1n) is 5.74. The largest absolute Gasteiger partial charge is 0.481 e. The Hall–Kier alpha value is -1.10. The third kappa shape index (κ3) is 2.95. The van der Waals surface area contributed by atoms with Crippen molar-refractivity contribution < 1.29 is 19.8 Å². The molecule has 3 N–H and O–H groups in total. The number of unbranched alkanes of at least 4 members (excludes halogenated alkanes) is 1. The van der Waals surface area contributed by atoms with Crippen molar-refractivity contribution in [3.63, 3.8) is 0 Å². The Morgan fingerprint density at radius 3 is 2.06 bits per heavy atom. The molecule has 0 bridgehead atoms. The number of rotatable bonds is 5. The smallest absolute Gasteiger partial charge is 0.308 e. The van der Waals surface area contributed by atoms with Crippen LogP contribution < -0.4 is 5.32 Å². The molecular formula is C11H19NO4. The van der Waals surface area contributed by atoms with Gasteiger partial charge in [0.1, 0.15) is 0 Å². The van der Waals surface area contributed by atoms with Crippen molar-refractivity contribution in [1.29, 1.82) is 0 Å². The lowest BCUT2D eigenvalue weighted by Gasteiger charge is -2.34. The quantitative estimate of drug-likeness (QED) is 0.649. The molecule has 0 aromatic heterocycles. The molecule has 1 aliphatic heterocycles. The predicted octanol–water partition coefficient (Wildman–Crippen LogP) is 0.798. The molecule has 0 aromatic carbocycles. The SMILES string of the molecule is CCCCC1C(C(=O)O)CNCC1C(=O)O. The lowest BCUT2D eigenvalue weighted by atomic mass is 9.75. The third-order valence-corrected chi connectivity index (χ3v) is 3.29. The van der Waals surface area contributed by atoms with Gasteiger partial charge in [0.2, 0.25) is 0 Å². The van der Waals surface area contributed by atoms with Gasteiger partial charge in [-0.1, -0.05) is 19.8 Å². The van der Waals surface area contributed by atoms with Crippen LogP contribution in [0.3, 0.4) is 0 Å². The summed E-state index contributed by atoms with van der Waals surface area (Å²) in [6, 6.07) is 0. The number of hydrogen-bond acceptors (Lipinski definition) is 3. The highest BCUT2D eigenvalue weighted by atomic mass is 16.4. The Morgan fingerprint density at radius 1 is 1.19 bits per heavy atom. The lowest BCUT2D eigenvalue weighted by Crippen LogP contribution is -2.49. The highest BCUT2D eigenvalue weighted by Crippen LogP contribution is 2.30. The topological polar surface area (TPSA) is 86.6 Å². The summed E-state index contributed by atoms with van der Waals surface area (Å²) in [6.07, 6.45) is 2.53. The Bertz CT molecular complexity index is 245. The van der Waals surface area contributed by atoms with Crippen LogP contribution in [0.1, 0.15) is 26.2 Å². The molecule has 0 aliphatic carbocycles. The number of aliphatic carboxylic acids is 2. The van der Waals surface area contributed by atoms with Gasteiger partial charge in [0.15, 0.2) is 0 Å². The summed E-state index contributed by atoms with van der Waals surface area (Å²) in [5.74, 6) is -3.15. The molecule has 5 nitrogen and oxygen atoms in total. The van der Waals surface area contributed by atoms with E-state index in [4.69, 9.17) is 10.2 Å². The Balaban J connectivity index is 2.75. The second-order valence-corrected chi connectivity index (χ2v) is 4.35. The van der Waals surface area contributed by atoms with Crippen molar-refractivity contribution in [2.24, 2.45) is 17.8 Å². The number of carboxylic acid groups (broad SMARTS) is 2. The number of piperidine rings is 1. The fraction of sp³-hybridized carbons (Fsp3) is 0.818. The highest BCUT2D eigenvalue weighted by molar-refractivity contribution is 5.75. The second-order valence-electron chi connectivity index (χ2n) is 4.35. The number of carbonyl (C=O) groups is 2. The molecule has 1 heterocycles. The van der Waals surface area contributed by atoms with Crippen molar-refractivity contribution in [3.8, 4) is 0 Å². The van der Waals surface area contributed by atoms with Crippen molar-refractivity contribution in [2.75, 3.05) is 13.1 Å². The van der Waals surface area contributed by atoms with E-state index >= 15 is 0 Å². The summed E-state index contributed by atoms with van der Waals surface area (Å²) in [5, 5.41) is 21.0. The number of carboxylic acids is 2. The molecule has 1 aliphatic rings. The maximum atomic E-state index is 11.1. The van der Waals surface area contributed by atoms with Crippen LogP contribution in [0.15, 0.2) is 0 Å². The van der Waals surface area contributed by atoms with Crippen molar-refractivity contribution in [1.82, 2.24) is 5.32 Å². The predicted molar refractivity (Wildman–Crippen MR) is 58.1 cm³/mol. The van der Waals surface area contributed by atoms with E-state index in [-0.39, 0.29) is 5.92 Å². The van der Waals surface area contributed by atoms with Crippen LogP contribution >= 0.6 is 0 Å². The molecule has 0 amide bonds. The van der Waals surface area contributed by atoms with Crippen molar-refractivity contribution in [3.05, 3.63) is 0 Å². The first kappa shape index (κ1) is 13.0. The first-order chi connectivity index (χ1) is 7.57. The fourth-order valence-corrected chi connectivity index (χ4v) is 2.36. The highest BCUT2D eigenvalue weighted by Gasteiger charge is 2.40. The van der Waals surface area contributed by atoms with E-state index in [1.807, 2.05) is 6.92 Å². The van der Waals surface area contributed by atoms with Crippen LogP contribution in [0, 0.1) is 17.8 Å². The molecular weight excluding hydrogens is 210 g/mol. The molecule has 92 valence electrons. The second kappa shape index (κ2) is 5.84. The maximum Gasteiger partial charge on any atom is 0.308 e. The van der Waals surface area contributed by atoms with Gasteiger partial charge in [0, 0.05) is 13.1 Å². The molecule has 2 atom stereocenters. The van der Waals surface area contributed by atoms with Gasteiger partial charge in [-0.3, -0.25) is 9.59 Å². The molecule has 5 heteroatoms. The van der Waals surface area contributed by atoms with Crippen molar-refractivity contribution in [2.45, 2.75) is 26.2 Å². The Kier molecular flexibility index (Phi) is 4.73. The number of nitrogens with one attached hydrogen (secondary N) is 1. The summed E-state index contributed by atoms with van der Waals surface area (Å²) >= 11 is 0. The van der Waals surface area contributed by atoms with E-state index in [0.717, 1.165) is 12.8 Å². The number of hydrogen-bond donors (Lipinski definition) is 3. The van der Waals surface area contributed by atoms with Crippen LogP contribution in [0.5, 0.6) is 0 Å². The summed E-state index contributed by atoms with van der Waals surface area (Å²) in [6.45, 7) is 2.79. The normalized spacial score (nSPS) is 29.9. The molecule has 16 heavy (non-hydrogen) atoms. The molecule has 1 rings (SSSR count).